The SMILES string of the molecule is COc1ccc(NS(=O)(=O)c2ccc3c(c2)CCC3)c(OC)c1. The molecule has 0 bridgehead atoms. The van der Waals surface area contributed by atoms with Crippen LogP contribution < -0.4 is 14.2 Å². The van der Waals surface area contributed by atoms with Gasteiger partial charge in [0.2, 0.25) is 0 Å². The monoisotopic (exact) mass is 333 g/mol. The summed E-state index contributed by atoms with van der Waals surface area (Å²) in [4.78, 5) is 0.274. The highest BCUT2D eigenvalue weighted by Gasteiger charge is 2.20. The molecule has 0 unspecified atom stereocenters. The van der Waals surface area contributed by atoms with Gasteiger partial charge in [-0.25, -0.2) is 8.42 Å². The van der Waals surface area contributed by atoms with Crippen LogP contribution >= 0.6 is 0 Å². The molecule has 122 valence electrons. The van der Waals surface area contributed by atoms with Crippen molar-refractivity contribution in [3.8, 4) is 11.5 Å². The number of anilines is 1. The largest absolute Gasteiger partial charge is 0.497 e. The first-order valence-electron chi connectivity index (χ1n) is 7.40. The highest BCUT2D eigenvalue weighted by atomic mass is 32.2. The lowest BCUT2D eigenvalue weighted by atomic mass is 10.1. The lowest BCUT2D eigenvalue weighted by molar-refractivity contribution is 0.395. The zero-order chi connectivity index (χ0) is 16.4. The van der Waals surface area contributed by atoms with E-state index < -0.39 is 10.0 Å². The lowest BCUT2D eigenvalue weighted by Gasteiger charge is -2.13. The van der Waals surface area contributed by atoms with Crippen LogP contribution in [-0.2, 0) is 22.9 Å². The van der Waals surface area contributed by atoms with Crippen LogP contribution in [0, 0.1) is 0 Å². The van der Waals surface area contributed by atoms with Crippen LogP contribution in [0.5, 0.6) is 11.5 Å². The number of fused-ring (bicyclic) bond motifs is 1. The standard InChI is InChI=1S/C17H19NO4S/c1-21-14-7-9-16(17(11-14)22-2)18-23(19,20)15-8-6-12-4-3-5-13(12)10-15/h6-11,18H,3-5H2,1-2H3. The Kier molecular flexibility index (Phi) is 4.17. The Morgan fingerprint density at radius 2 is 1.74 bits per heavy atom. The van der Waals surface area contributed by atoms with Crippen molar-refractivity contribution in [2.24, 2.45) is 0 Å². The number of hydrogen-bond acceptors (Lipinski definition) is 4. The maximum Gasteiger partial charge on any atom is 0.262 e. The summed E-state index contributed by atoms with van der Waals surface area (Å²) in [6.07, 6.45) is 3.04. The summed E-state index contributed by atoms with van der Waals surface area (Å²) in [6, 6.07) is 10.3. The quantitative estimate of drug-likeness (QED) is 0.913. The number of aryl methyl sites for hydroxylation is 2. The second kappa shape index (κ2) is 6.12. The average molecular weight is 333 g/mol. The van der Waals surface area contributed by atoms with Gasteiger partial charge in [-0.2, -0.15) is 0 Å². The van der Waals surface area contributed by atoms with Gasteiger partial charge in [-0.1, -0.05) is 6.07 Å². The molecule has 0 fully saturated rings. The van der Waals surface area contributed by atoms with E-state index in [0.29, 0.717) is 17.2 Å². The van der Waals surface area contributed by atoms with Crippen molar-refractivity contribution in [3.63, 3.8) is 0 Å². The second-order valence-electron chi connectivity index (χ2n) is 5.46. The van der Waals surface area contributed by atoms with Gasteiger partial charge in [-0.05, 0) is 54.7 Å². The van der Waals surface area contributed by atoms with Crippen LogP contribution in [0.4, 0.5) is 5.69 Å². The molecule has 23 heavy (non-hydrogen) atoms. The number of benzene rings is 2. The molecular weight excluding hydrogens is 314 g/mol. The predicted octanol–water partition coefficient (Wildman–Crippen LogP) is 2.99. The highest BCUT2D eigenvalue weighted by molar-refractivity contribution is 7.92. The van der Waals surface area contributed by atoms with Crippen LogP contribution in [-0.4, -0.2) is 22.6 Å². The van der Waals surface area contributed by atoms with Gasteiger partial charge in [-0.15, -0.1) is 0 Å². The van der Waals surface area contributed by atoms with E-state index in [1.165, 1.54) is 12.7 Å². The molecule has 1 aliphatic rings. The molecule has 2 aromatic rings. The summed E-state index contributed by atoms with van der Waals surface area (Å²) in [7, 11) is -0.625. The summed E-state index contributed by atoms with van der Waals surface area (Å²) in [5.74, 6) is 1.01. The predicted molar refractivity (Wildman–Crippen MR) is 88.8 cm³/mol. The molecule has 0 heterocycles. The maximum atomic E-state index is 12.6. The molecule has 0 spiro atoms. The summed E-state index contributed by atoms with van der Waals surface area (Å²) in [5, 5.41) is 0. The molecule has 1 N–H and O–H groups in total. The summed E-state index contributed by atoms with van der Waals surface area (Å²) in [5.41, 5.74) is 2.74. The third-order valence-corrected chi connectivity index (χ3v) is 5.40. The van der Waals surface area contributed by atoms with E-state index in [0.717, 1.165) is 24.8 Å². The minimum atomic E-state index is -3.66. The Labute approximate surface area is 136 Å². The molecule has 3 rings (SSSR count). The van der Waals surface area contributed by atoms with E-state index in [9.17, 15) is 8.42 Å². The van der Waals surface area contributed by atoms with Gasteiger partial charge in [0.1, 0.15) is 11.5 Å². The minimum Gasteiger partial charge on any atom is -0.497 e. The molecule has 0 radical (unpaired) electrons. The number of ether oxygens (including phenoxy) is 2. The van der Waals surface area contributed by atoms with Gasteiger partial charge in [0.25, 0.3) is 10.0 Å². The molecule has 6 heteroatoms. The Bertz CT molecular complexity index is 830. The Morgan fingerprint density at radius 1 is 0.957 bits per heavy atom. The smallest absolute Gasteiger partial charge is 0.262 e. The van der Waals surface area contributed by atoms with E-state index in [4.69, 9.17) is 9.47 Å². The van der Waals surface area contributed by atoms with Crippen LogP contribution in [0.2, 0.25) is 0 Å². The van der Waals surface area contributed by atoms with E-state index in [1.54, 1.807) is 37.4 Å². The number of nitrogens with one attached hydrogen (secondary N) is 1. The number of methoxy groups -OCH3 is 2. The fourth-order valence-electron chi connectivity index (χ4n) is 2.80. The van der Waals surface area contributed by atoms with Gasteiger partial charge in [-0.3, -0.25) is 4.72 Å². The van der Waals surface area contributed by atoms with Crippen LogP contribution in [0.15, 0.2) is 41.3 Å². The molecule has 0 saturated carbocycles. The fraction of sp³-hybridized carbons (Fsp3) is 0.294. The van der Waals surface area contributed by atoms with Crippen LogP contribution in [0.1, 0.15) is 17.5 Å². The zero-order valence-corrected chi connectivity index (χ0v) is 13.9. The van der Waals surface area contributed by atoms with E-state index in [-0.39, 0.29) is 4.90 Å². The normalized spacial score (nSPS) is 13.5. The molecule has 1 aliphatic carbocycles. The Hall–Kier alpha value is -2.21. The summed E-state index contributed by atoms with van der Waals surface area (Å²) >= 11 is 0. The molecular formula is C17H19NO4S. The molecule has 5 nitrogen and oxygen atoms in total. The number of rotatable bonds is 5. The van der Waals surface area contributed by atoms with Gasteiger partial charge < -0.3 is 9.47 Å². The lowest BCUT2D eigenvalue weighted by Crippen LogP contribution is -2.14. The third-order valence-electron chi connectivity index (χ3n) is 4.03. The van der Waals surface area contributed by atoms with Crippen molar-refractivity contribution in [1.82, 2.24) is 0 Å². The van der Waals surface area contributed by atoms with E-state index >= 15 is 0 Å². The highest BCUT2D eigenvalue weighted by Crippen LogP contribution is 2.31. The molecule has 0 atom stereocenters. The summed E-state index contributed by atoms with van der Waals surface area (Å²) in [6.45, 7) is 0. The molecule has 0 saturated heterocycles. The number of sulfonamides is 1. The van der Waals surface area contributed by atoms with Crippen LogP contribution in [0.3, 0.4) is 0 Å². The van der Waals surface area contributed by atoms with Gasteiger partial charge >= 0.3 is 0 Å². The zero-order valence-electron chi connectivity index (χ0n) is 13.1. The first kappa shape index (κ1) is 15.7. The van der Waals surface area contributed by atoms with Crippen molar-refractivity contribution < 1.29 is 17.9 Å². The maximum absolute atomic E-state index is 12.6. The third kappa shape index (κ3) is 3.12. The van der Waals surface area contributed by atoms with Crippen molar-refractivity contribution in [2.75, 3.05) is 18.9 Å². The molecule has 0 aliphatic heterocycles. The van der Waals surface area contributed by atoms with Crippen molar-refractivity contribution in [3.05, 3.63) is 47.5 Å². The second-order valence-corrected chi connectivity index (χ2v) is 7.14. The number of hydrogen-bond donors (Lipinski definition) is 1. The first-order valence-corrected chi connectivity index (χ1v) is 8.88. The first-order chi connectivity index (χ1) is 11.0. The topological polar surface area (TPSA) is 64.6 Å². The van der Waals surface area contributed by atoms with E-state index in [2.05, 4.69) is 4.72 Å². The van der Waals surface area contributed by atoms with Gasteiger partial charge in [0.15, 0.2) is 0 Å². The molecule has 0 aromatic heterocycles. The van der Waals surface area contributed by atoms with Gasteiger partial charge in [0.05, 0.1) is 24.8 Å². The Morgan fingerprint density at radius 3 is 2.48 bits per heavy atom. The minimum absolute atomic E-state index is 0.274. The fourth-order valence-corrected chi connectivity index (χ4v) is 3.92. The van der Waals surface area contributed by atoms with E-state index in [1.807, 2.05) is 6.07 Å². The summed E-state index contributed by atoms with van der Waals surface area (Å²) < 4.78 is 38.2. The van der Waals surface area contributed by atoms with Gasteiger partial charge in [0, 0.05) is 6.07 Å². The Balaban J connectivity index is 1.92. The average Bonchev–Trinajstić information content (AvgIpc) is 3.02. The molecule has 2 aromatic carbocycles. The van der Waals surface area contributed by atoms with Crippen molar-refractivity contribution >= 4 is 15.7 Å². The van der Waals surface area contributed by atoms with Crippen molar-refractivity contribution in [1.29, 1.82) is 0 Å². The van der Waals surface area contributed by atoms with Crippen molar-refractivity contribution in [2.45, 2.75) is 24.2 Å². The van der Waals surface area contributed by atoms with Crippen LogP contribution in [0.25, 0.3) is 0 Å². The molecule has 0 amide bonds.